The molecule has 4 aromatic carbocycles. The van der Waals surface area contributed by atoms with Gasteiger partial charge in [0.25, 0.3) is 11.8 Å². The van der Waals surface area contributed by atoms with Gasteiger partial charge < -0.3 is 29.6 Å². The molecule has 2 unspecified atom stereocenters. The number of carbonyl (C=O) groups excluding carboxylic acids is 8. The summed E-state index contributed by atoms with van der Waals surface area (Å²) < 4.78 is 22.7. The Morgan fingerprint density at radius 3 is 1.63 bits per heavy atom. The number of amides is 2. The lowest BCUT2D eigenvalue weighted by Crippen LogP contribution is -2.58. The number of hydrogen-bond donors (Lipinski definition) is 2. The van der Waals surface area contributed by atoms with Gasteiger partial charge in [-0.25, -0.2) is 19.2 Å². The number of anilines is 1. The van der Waals surface area contributed by atoms with Gasteiger partial charge in [-0.3, -0.25) is 19.2 Å². The number of hydrogen-bond acceptors (Lipinski definition) is 13. The first-order valence-electron chi connectivity index (χ1n) is 22.1. The number of ether oxygens (including phenoxy) is 4. The fourth-order valence-electron chi connectivity index (χ4n) is 9.63. The lowest BCUT2D eigenvalue weighted by atomic mass is 9.48. The lowest BCUT2D eigenvalue weighted by molar-refractivity contribution is -0.177. The Bertz CT molecular complexity index is 2730. The van der Waals surface area contributed by atoms with Gasteiger partial charge in [0, 0.05) is 27.9 Å². The quantitative estimate of drug-likeness (QED) is 0.0546. The zero-order chi connectivity index (χ0) is 48.9. The zero-order valence-corrected chi connectivity index (χ0v) is 39.1. The van der Waals surface area contributed by atoms with Crippen molar-refractivity contribution in [3.8, 4) is 0 Å². The van der Waals surface area contributed by atoms with Crippen molar-refractivity contribution in [3.05, 3.63) is 148 Å². The molecule has 8 rings (SSSR count). The summed E-state index contributed by atoms with van der Waals surface area (Å²) in [7, 11) is 1.39. The monoisotopic (exact) mass is 940 g/mol. The van der Waals surface area contributed by atoms with Crippen LogP contribution in [0.3, 0.4) is 0 Å². The lowest BCUT2D eigenvalue weighted by Gasteiger charge is -2.60. The topological polar surface area (TPSA) is 198 Å². The van der Waals surface area contributed by atoms with Crippen LogP contribution in [0.1, 0.15) is 120 Å². The van der Waals surface area contributed by atoms with Crippen molar-refractivity contribution in [3.63, 3.8) is 0 Å². The van der Waals surface area contributed by atoms with E-state index in [9.17, 15) is 38.4 Å². The van der Waals surface area contributed by atoms with E-state index in [0.29, 0.717) is 39.3 Å². The van der Waals surface area contributed by atoms with E-state index in [-0.39, 0.29) is 57.0 Å². The van der Waals surface area contributed by atoms with Crippen LogP contribution in [0.15, 0.2) is 119 Å². The highest BCUT2D eigenvalue weighted by atomic mass is 32.2. The molecule has 0 aromatic heterocycles. The summed E-state index contributed by atoms with van der Waals surface area (Å²) >= 11 is 1.11. The Hall–Kier alpha value is -7.13. The van der Waals surface area contributed by atoms with Gasteiger partial charge in [0.1, 0.15) is 5.60 Å². The van der Waals surface area contributed by atoms with E-state index in [1.165, 1.54) is 45.2 Å². The third-order valence-corrected chi connectivity index (χ3v) is 13.6. The number of Topliss-reactive ketones (excluding diaryl/α,β-unsaturated/α-hetero) is 2. The predicted octanol–water partition coefficient (Wildman–Crippen LogP) is 8.71. The average molecular weight is 941 g/mol. The second-order valence-electron chi connectivity index (χ2n) is 18.2. The van der Waals surface area contributed by atoms with Crippen molar-refractivity contribution >= 4 is 64.7 Å². The standard InChI is InChI=1S/C53H52N2O12S/c1-30(2)44(56)26-64-50(62)40-17-15-38(20-42(40)46(58)54-6)68-39-16-18-41(51(63)65-27-45(57)31(3)4)43(21-39)47(59)55-37-13-11-36(12-14-37)49(61)67-53-24-33-19-34(25-53)23-52(22-33,28-53)29-66-48(60)35-9-7-32(5)8-10-35/h7-18,20-21,33-34H,1,3,19,22-29H2,2,4-6H3,(H,54,58)(H,55,59). The molecular formula is C53H52N2O12S. The minimum absolute atomic E-state index is 0.0309. The molecule has 352 valence electrons. The molecule has 2 atom stereocenters. The maximum absolute atomic E-state index is 14.0. The summed E-state index contributed by atoms with van der Waals surface area (Å²) in [5.74, 6) is -4.27. The van der Waals surface area contributed by atoms with E-state index in [2.05, 4.69) is 23.8 Å². The molecule has 4 aromatic rings. The normalized spacial score (nSPS) is 19.8. The number of carbonyl (C=O) groups is 8. The van der Waals surface area contributed by atoms with Crippen molar-refractivity contribution in [2.24, 2.45) is 17.3 Å². The molecule has 4 saturated carbocycles. The van der Waals surface area contributed by atoms with Crippen LogP contribution in [0.5, 0.6) is 0 Å². The van der Waals surface area contributed by atoms with Crippen LogP contribution in [0, 0.1) is 24.2 Å². The van der Waals surface area contributed by atoms with Gasteiger partial charge in [0.15, 0.2) is 24.8 Å². The average Bonchev–Trinajstić information content (AvgIpc) is 3.30. The molecule has 4 aliphatic carbocycles. The first-order valence-corrected chi connectivity index (χ1v) is 23.0. The van der Waals surface area contributed by atoms with E-state index >= 15 is 0 Å². The molecule has 4 bridgehead atoms. The number of ketones is 2. The molecule has 4 fully saturated rings. The number of benzene rings is 4. The molecule has 2 N–H and O–H groups in total. The summed E-state index contributed by atoms with van der Waals surface area (Å²) in [6.07, 6.45) is 4.98. The van der Waals surface area contributed by atoms with Gasteiger partial charge in [-0.2, -0.15) is 0 Å². The SMILES string of the molecule is C=C(C)C(=O)COC(=O)c1ccc(Sc2ccc(C(=O)OCC(=O)C(=C)C)c(C(=O)Nc3ccc(C(=O)OC45CC6CC(CC(COC(=O)c7ccc(C)cc7)(C6)C4)C5)cc3)c2)cc1C(=O)NC. The van der Waals surface area contributed by atoms with Crippen LogP contribution >= 0.6 is 11.8 Å². The van der Waals surface area contributed by atoms with Crippen molar-refractivity contribution in [1.29, 1.82) is 0 Å². The largest absolute Gasteiger partial charge is 0.462 e. The Kier molecular flexibility index (Phi) is 14.6. The molecule has 0 saturated heterocycles. The molecule has 0 aliphatic heterocycles. The second kappa shape index (κ2) is 20.4. The highest BCUT2D eigenvalue weighted by Gasteiger charge is 2.60. The number of nitrogens with one attached hydrogen (secondary N) is 2. The number of esters is 4. The van der Waals surface area contributed by atoms with Crippen LogP contribution < -0.4 is 10.6 Å². The first kappa shape index (κ1) is 48.8. The van der Waals surface area contributed by atoms with Crippen LogP contribution in [0.25, 0.3) is 0 Å². The summed E-state index contributed by atoms with van der Waals surface area (Å²) in [6, 6.07) is 22.2. The third-order valence-electron chi connectivity index (χ3n) is 12.6. The van der Waals surface area contributed by atoms with Crippen molar-refractivity contribution < 1.29 is 57.3 Å². The maximum Gasteiger partial charge on any atom is 0.339 e. The van der Waals surface area contributed by atoms with Gasteiger partial charge >= 0.3 is 23.9 Å². The molecule has 68 heavy (non-hydrogen) atoms. The molecule has 2 amide bonds. The van der Waals surface area contributed by atoms with E-state index in [0.717, 1.165) is 49.4 Å². The molecule has 14 nitrogen and oxygen atoms in total. The zero-order valence-electron chi connectivity index (χ0n) is 38.3. The molecule has 4 aliphatic rings. The van der Waals surface area contributed by atoms with Crippen LogP contribution in [0.4, 0.5) is 5.69 Å². The van der Waals surface area contributed by atoms with Crippen molar-refractivity contribution in [2.45, 2.75) is 74.7 Å². The van der Waals surface area contributed by atoms with Crippen molar-refractivity contribution in [2.75, 3.05) is 32.2 Å². The summed E-state index contributed by atoms with van der Waals surface area (Å²) in [5.41, 5.74) is 1.19. The summed E-state index contributed by atoms with van der Waals surface area (Å²) in [6.45, 7) is 11.2. The fraction of sp³-hybridized carbons (Fsp3) is 0.321. The summed E-state index contributed by atoms with van der Waals surface area (Å²) in [5, 5.41) is 5.26. The van der Waals surface area contributed by atoms with Gasteiger partial charge in [0.05, 0.1) is 40.0 Å². The Balaban J connectivity index is 1.06. The van der Waals surface area contributed by atoms with Gasteiger partial charge in [0.2, 0.25) is 0 Å². The molecule has 0 radical (unpaired) electrons. The molecular weight excluding hydrogens is 889 g/mol. The predicted molar refractivity (Wildman–Crippen MR) is 252 cm³/mol. The second-order valence-corrected chi connectivity index (χ2v) is 19.3. The van der Waals surface area contributed by atoms with E-state index < -0.39 is 60.1 Å². The van der Waals surface area contributed by atoms with Crippen molar-refractivity contribution in [1.82, 2.24) is 5.32 Å². The highest BCUT2D eigenvalue weighted by Crippen LogP contribution is 2.63. The van der Waals surface area contributed by atoms with E-state index in [4.69, 9.17) is 18.9 Å². The molecule has 15 heteroatoms. The third kappa shape index (κ3) is 11.3. The van der Waals surface area contributed by atoms with Crippen LogP contribution in [-0.4, -0.2) is 79.7 Å². The Morgan fingerprint density at radius 1 is 0.618 bits per heavy atom. The summed E-state index contributed by atoms with van der Waals surface area (Å²) in [4.78, 5) is 105. The molecule has 0 spiro atoms. The van der Waals surface area contributed by atoms with Crippen LogP contribution in [-0.2, 0) is 28.5 Å². The van der Waals surface area contributed by atoms with Crippen LogP contribution in [0.2, 0.25) is 0 Å². The Labute approximate surface area is 398 Å². The number of rotatable bonds is 18. The van der Waals surface area contributed by atoms with E-state index in [1.54, 1.807) is 48.5 Å². The highest BCUT2D eigenvalue weighted by molar-refractivity contribution is 7.99. The minimum atomic E-state index is -0.940. The smallest absolute Gasteiger partial charge is 0.339 e. The van der Waals surface area contributed by atoms with Gasteiger partial charge in [-0.05, 0) is 155 Å². The Morgan fingerprint density at radius 2 is 1.12 bits per heavy atom. The first-order chi connectivity index (χ1) is 32.3. The molecule has 0 heterocycles. The fourth-order valence-corrected chi connectivity index (χ4v) is 10.5. The maximum atomic E-state index is 14.0. The van der Waals surface area contributed by atoms with Gasteiger partial charge in [-0.1, -0.05) is 42.6 Å². The number of aryl methyl sites for hydroxylation is 1. The van der Waals surface area contributed by atoms with Gasteiger partial charge in [-0.15, -0.1) is 0 Å². The van der Waals surface area contributed by atoms with E-state index in [1.807, 2.05) is 19.1 Å². The minimum Gasteiger partial charge on any atom is -0.462 e.